The van der Waals surface area contributed by atoms with Crippen LogP contribution in [0.15, 0.2) is 12.1 Å². The molecule has 0 heterocycles. The molecule has 1 aliphatic carbocycles. The van der Waals surface area contributed by atoms with E-state index in [2.05, 4.69) is 0 Å². The highest BCUT2D eigenvalue weighted by Gasteiger charge is 2.40. The lowest BCUT2D eigenvalue weighted by Crippen LogP contribution is -2.02. The highest BCUT2D eigenvalue weighted by Crippen LogP contribution is 2.53. The summed E-state index contributed by atoms with van der Waals surface area (Å²) in [6.45, 7) is 0.560. The van der Waals surface area contributed by atoms with E-state index in [9.17, 15) is 10.2 Å². The molecule has 0 amide bonds. The van der Waals surface area contributed by atoms with E-state index in [0.29, 0.717) is 18.0 Å². The lowest BCUT2D eigenvalue weighted by molar-refractivity contribution is 0.418. The number of rotatable bonds is 2. The van der Waals surface area contributed by atoms with Crippen LogP contribution in [0.2, 0.25) is 0 Å². The summed E-state index contributed by atoms with van der Waals surface area (Å²) >= 11 is 0. The molecule has 2 atom stereocenters. The Labute approximate surface area is 81.6 Å². The summed E-state index contributed by atoms with van der Waals surface area (Å²) < 4.78 is 0. The smallest absolute Gasteiger partial charge is 0.126 e. The quantitative estimate of drug-likeness (QED) is 0.564. The summed E-state index contributed by atoms with van der Waals surface area (Å²) in [5.74, 6) is 0.248. The fourth-order valence-corrected chi connectivity index (χ4v) is 1.85. The Morgan fingerprint density at radius 3 is 2.21 bits per heavy atom. The first-order chi connectivity index (χ1) is 6.63. The van der Waals surface area contributed by atoms with Gasteiger partial charge < -0.3 is 21.1 Å². The molecular formula is C10H13NO3. The monoisotopic (exact) mass is 195 g/mol. The Bertz CT molecular complexity index is 341. The maximum absolute atomic E-state index is 9.54. The maximum atomic E-state index is 9.54. The van der Waals surface area contributed by atoms with Gasteiger partial charge in [-0.2, -0.15) is 0 Å². The molecule has 0 bridgehead atoms. The summed E-state index contributed by atoms with van der Waals surface area (Å²) in [4.78, 5) is 0. The molecule has 76 valence electrons. The first-order valence-corrected chi connectivity index (χ1v) is 4.58. The number of hydrogen-bond donors (Lipinski definition) is 4. The third-order valence-electron chi connectivity index (χ3n) is 2.72. The van der Waals surface area contributed by atoms with E-state index in [1.165, 1.54) is 12.1 Å². The standard InChI is InChI=1S/C10H13NO3/c11-4-5-1-7(5)10-8(13)2-6(12)3-9(10)14/h2-3,5,7,12-14H,1,4,11H2/t5-,7+/m0/s1. The normalized spacial score (nSPS) is 24.9. The third kappa shape index (κ3) is 1.37. The number of aromatic hydroxyl groups is 3. The van der Waals surface area contributed by atoms with Crippen molar-refractivity contribution in [3.63, 3.8) is 0 Å². The van der Waals surface area contributed by atoms with Gasteiger partial charge in [-0.25, -0.2) is 0 Å². The number of nitrogens with two attached hydrogens (primary N) is 1. The number of hydrogen-bond acceptors (Lipinski definition) is 4. The predicted molar refractivity (Wildman–Crippen MR) is 51.3 cm³/mol. The molecule has 1 saturated carbocycles. The van der Waals surface area contributed by atoms with Crippen molar-refractivity contribution in [3.05, 3.63) is 17.7 Å². The van der Waals surface area contributed by atoms with E-state index in [1.807, 2.05) is 0 Å². The highest BCUT2D eigenvalue weighted by atomic mass is 16.3. The minimum Gasteiger partial charge on any atom is -0.508 e. The second-order valence-electron chi connectivity index (χ2n) is 3.74. The fraction of sp³-hybridized carbons (Fsp3) is 0.400. The Morgan fingerprint density at radius 1 is 1.21 bits per heavy atom. The van der Waals surface area contributed by atoms with Gasteiger partial charge in [0.1, 0.15) is 17.2 Å². The van der Waals surface area contributed by atoms with E-state index in [4.69, 9.17) is 10.8 Å². The van der Waals surface area contributed by atoms with Gasteiger partial charge in [0.15, 0.2) is 0 Å². The van der Waals surface area contributed by atoms with Crippen LogP contribution in [-0.4, -0.2) is 21.9 Å². The number of phenolic OH excluding ortho intramolecular Hbond substituents is 3. The summed E-state index contributed by atoms with van der Waals surface area (Å²) in [5.41, 5.74) is 5.99. The van der Waals surface area contributed by atoms with Crippen molar-refractivity contribution < 1.29 is 15.3 Å². The molecule has 0 spiro atoms. The zero-order valence-corrected chi connectivity index (χ0v) is 7.64. The molecule has 5 N–H and O–H groups in total. The molecule has 0 unspecified atom stereocenters. The summed E-state index contributed by atoms with van der Waals surface area (Å²) in [6.07, 6.45) is 0.891. The zero-order valence-electron chi connectivity index (χ0n) is 7.64. The maximum Gasteiger partial charge on any atom is 0.126 e. The second kappa shape index (κ2) is 3.06. The Kier molecular flexibility index (Phi) is 2.00. The second-order valence-corrected chi connectivity index (χ2v) is 3.74. The number of benzene rings is 1. The molecule has 1 aromatic rings. The van der Waals surface area contributed by atoms with Gasteiger partial charge >= 0.3 is 0 Å². The van der Waals surface area contributed by atoms with Crippen LogP contribution in [0.4, 0.5) is 0 Å². The molecule has 0 saturated heterocycles. The van der Waals surface area contributed by atoms with Crippen LogP contribution in [-0.2, 0) is 0 Å². The van der Waals surface area contributed by atoms with Crippen molar-refractivity contribution in [3.8, 4) is 17.2 Å². The molecular weight excluding hydrogens is 182 g/mol. The van der Waals surface area contributed by atoms with Gasteiger partial charge in [0.05, 0.1) is 0 Å². The van der Waals surface area contributed by atoms with Crippen LogP contribution in [0.5, 0.6) is 17.2 Å². The highest BCUT2D eigenvalue weighted by molar-refractivity contribution is 5.52. The molecule has 4 heteroatoms. The van der Waals surface area contributed by atoms with Crippen LogP contribution in [0.3, 0.4) is 0 Å². The van der Waals surface area contributed by atoms with Crippen LogP contribution >= 0.6 is 0 Å². The van der Waals surface area contributed by atoms with Crippen LogP contribution in [0.25, 0.3) is 0 Å². The van der Waals surface area contributed by atoms with Gasteiger partial charge in [0, 0.05) is 17.7 Å². The molecule has 0 aliphatic heterocycles. The summed E-state index contributed by atoms with van der Waals surface area (Å²) in [7, 11) is 0. The summed E-state index contributed by atoms with van der Waals surface area (Å²) in [5, 5.41) is 28.2. The average Bonchev–Trinajstić information content (AvgIpc) is 2.81. The lowest BCUT2D eigenvalue weighted by Gasteiger charge is -2.07. The Hall–Kier alpha value is -1.42. The van der Waals surface area contributed by atoms with Crippen molar-refractivity contribution in [2.45, 2.75) is 12.3 Å². The first kappa shape index (κ1) is 9.15. The lowest BCUT2D eigenvalue weighted by atomic mass is 10.1. The van der Waals surface area contributed by atoms with Gasteiger partial charge in [0.25, 0.3) is 0 Å². The molecule has 4 nitrogen and oxygen atoms in total. The van der Waals surface area contributed by atoms with E-state index >= 15 is 0 Å². The molecule has 14 heavy (non-hydrogen) atoms. The van der Waals surface area contributed by atoms with E-state index in [-0.39, 0.29) is 23.2 Å². The van der Waals surface area contributed by atoms with E-state index in [0.717, 1.165) is 6.42 Å². The van der Waals surface area contributed by atoms with Gasteiger partial charge in [0.2, 0.25) is 0 Å². The van der Waals surface area contributed by atoms with E-state index in [1.54, 1.807) is 0 Å². The molecule has 2 rings (SSSR count). The van der Waals surface area contributed by atoms with Gasteiger partial charge in [-0.3, -0.25) is 0 Å². The van der Waals surface area contributed by atoms with Crippen LogP contribution in [0, 0.1) is 5.92 Å². The minimum absolute atomic E-state index is 0.0524. The Morgan fingerprint density at radius 2 is 1.79 bits per heavy atom. The molecule has 1 fully saturated rings. The van der Waals surface area contributed by atoms with Gasteiger partial charge in [-0.1, -0.05) is 0 Å². The summed E-state index contributed by atoms with van der Waals surface area (Å²) in [6, 6.07) is 2.47. The fourth-order valence-electron chi connectivity index (χ4n) is 1.85. The number of phenols is 3. The van der Waals surface area contributed by atoms with Crippen molar-refractivity contribution in [2.75, 3.05) is 6.54 Å². The van der Waals surface area contributed by atoms with Gasteiger partial charge in [-0.15, -0.1) is 0 Å². The van der Waals surface area contributed by atoms with Gasteiger partial charge in [-0.05, 0) is 24.8 Å². The SMILES string of the molecule is NC[C@@H]1C[C@H]1c1c(O)cc(O)cc1O. The molecule has 1 aromatic carbocycles. The predicted octanol–water partition coefficient (Wildman–Crippen LogP) is 0.866. The van der Waals surface area contributed by atoms with Crippen molar-refractivity contribution in [2.24, 2.45) is 11.7 Å². The zero-order chi connectivity index (χ0) is 10.3. The third-order valence-corrected chi connectivity index (χ3v) is 2.72. The van der Waals surface area contributed by atoms with Crippen LogP contribution in [0.1, 0.15) is 17.9 Å². The van der Waals surface area contributed by atoms with Crippen molar-refractivity contribution in [1.82, 2.24) is 0 Å². The first-order valence-electron chi connectivity index (χ1n) is 4.58. The van der Waals surface area contributed by atoms with E-state index < -0.39 is 0 Å². The molecule has 1 aliphatic rings. The minimum atomic E-state index is -0.131. The van der Waals surface area contributed by atoms with Crippen molar-refractivity contribution >= 4 is 0 Å². The molecule has 0 aromatic heterocycles. The Balaban J connectivity index is 2.34. The topological polar surface area (TPSA) is 86.7 Å². The molecule has 0 radical (unpaired) electrons. The van der Waals surface area contributed by atoms with Crippen LogP contribution < -0.4 is 5.73 Å². The average molecular weight is 195 g/mol. The largest absolute Gasteiger partial charge is 0.508 e. The van der Waals surface area contributed by atoms with Crippen molar-refractivity contribution in [1.29, 1.82) is 0 Å².